The first-order valence-electron chi connectivity index (χ1n) is 3.16. The van der Waals surface area contributed by atoms with Gasteiger partial charge < -0.3 is 14.9 Å². The summed E-state index contributed by atoms with van der Waals surface area (Å²) in [6.07, 6.45) is -0.167. The van der Waals surface area contributed by atoms with Crippen LogP contribution in [0.3, 0.4) is 0 Å². The normalized spacial score (nSPS) is 7.18. The minimum absolute atomic E-state index is 0.167. The number of ether oxygens (including phenoxy) is 1. The van der Waals surface area contributed by atoms with Crippen molar-refractivity contribution in [2.75, 3.05) is 14.2 Å². The highest BCUT2D eigenvalue weighted by Crippen LogP contribution is 1.65. The van der Waals surface area contributed by atoms with E-state index < -0.39 is 5.97 Å². The van der Waals surface area contributed by atoms with Crippen LogP contribution in [0, 0.1) is 0 Å². The Kier molecular flexibility index (Phi) is 24.7. The molecule has 0 aromatic carbocycles. The predicted octanol–water partition coefficient (Wildman–Crippen LogP) is 0.741. The van der Waals surface area contributed by atoms with Gasteiger partial charge in [0.05, 0.1) is 0 Å². The Labute approximate surface area is 67.8 Å². The largest absolute Gasteiger partial charge is 0.481 e. The maximum atomic E-state index is 9.00. The molecule has 2 N–H and O–H groups in total. The molecule has 0 aliphatic heterocycles. The van der Waals surface area contributed by atoms with Gasteiger partial charge in [0.25, 0.3) is 5.97 Å². The Morgan fingerprint density at radius 2 is 1.36 bits per heavy atom. The van der Waals surface area contributed by atoms with E-state index in [2.05, 4.69) is 4.74 Å². The van der Waals surface area contributed by atoms with E-state index in [-0.39, 0.29) is 6.10 Å². The summed E-state index contributed by atoms with van der Waals surface area (Å²) in [5, 5.41) is 15.5. The van der Waals surface area contributed by atoms with Crippen molar-refractivity contribution in [2.24, 2.45) is 0 Å². The lowest BCUT2D eigenvalue weighted by atomic mass is 10.5. The van der Waals surface area contributed by atoms with Gasteiger partial charge >= 0.3 is 0 Å². The first kappa shape index (κ1) is 16.8. The monoisotopic (exact) mass is 166 g/mol. The van der Waals surface area contributed by atoms with Crippen LogP contribution in [-0.4, -0.2) is 36.5 Å². The molecular formula is C7H18O4. The lowest BCUT2D eigenvalue weighted by Crippen LogP contribution is -1.85. The molecule has 0 spiro atoms. The fraction of sp³-hybridized carbons (Fsp3) is 0.857. The van der Waals surface area contributed by atoms with Crippen LogP contribution >= 0.6 is 0 Å². The summed E-state index contributed by atoms with van der Waals surface area (Å²) >= 11 is 0. The standard InChI is InChI=1S/C3H8O.C2H4O2.C2H6O/c1-3(2)4;1-2(3)4;1-3-2/h3-4H,1-2H3;1H3,(H,3,4);1-2H3. The second-order valence-electron chi connectivity index (χ2n) is 2.02. The van der Waals surface area contributed by atoms with Crippen LogP contribution in [0.5, 0.6) is 0 Å². The zero-order chi connectivity index (χ0) is 9.86. The van der Waals surface area contributed by atoms with Crippen molar-refractivity contribution in [3.63, 3.8) is 0 Å². The molecule has 0 bridgehead atoms. The summed E-state index contributed by atoms with van der Waals surface area (Å²) in [6.45, 7) is 4.53. The van der Waals surface area contributed by atoms with E-state index in [1.807, 2.05) is 0 Å². The van der Waals surface area contributed by atoms with Crippen LogP contribution in [0.25, 0.3) is 0 Å². The van der Waals surface area contributed by atoms with Gasteiger partial charge in [-0.15, -0.1) is 0 Å². The molecule has 0 amide bonds. The maximum absolute atomic E-state index is 9.00. The van der Waals surface area contributed by atoms with E-state index in [0.717, 1.165) is 6.92 Å². The number of aliphatic hydroxyl groups excluding tert-OH is 1. The van der Waals surface area contributed by atoms with Gasteiger partial charge in [-0.2, -0.15) is 0 Å². The Bertz CT molecular complexity index is 64.1. The van der Waals surface area contributed by atoms with Gasteiger partial charge in [0.1, 0.15) is 0 Å². The Balaban J connectivity index is -0.0000000886. The highest BCUT2D eigenvalue weighted by molar-refractivity contribution is 5.62. The lowest BCUT2D eigenvalue weighted by molar-refractivity contribution is -0.134. The zero-order valence-electron chi connectivity index (χ0n) is 7.79. The van der Waals surface area contributed by atoms with Crippen LogP contribution in [0.15, 0.2) is 0 Å². The summed E-state index contributed by atoms with van der Waals surface area (Å²) in [6, 6.07) is 0. The van der Waals surface area contributed by atoms with Gasteiger partial charge in [0.15, 0.2) is 0 Å². The summed E-state index contributed by atoms with van der Waals surface area (Å²) in [4.78, 5) is 9.00. The molecule has 0 rings (SSSR count). The molecule has 0 saturated heterocycles. The van der Waals surface area contributed by atoms with Crippen molar-refractivity contribution in [2.45, 2.75) is 26.9 Å². The Hall–Kier alpha value is -0.610. The third kappa shape index (κ3) is 1380. The van der Waals surface area contributed by atoms with Gasteiger partial charge in [-0.05, 0) is 13.8 Å². The van der Waals surface area contributed by atoms with Crippen molar-refractivity contribution >= 4 is 5.97 Å². The van der Waals surface area contributed by atoms with Crippen LogP contribution in [0.2, 0.25) is 0 Å². The number of carboxylic acid groups (broad SMARTS) is 1. The van der Waals surface area contributed by atoms with E-state index in [4.69, 9.17) is 15.0 Å². The number of hydrogen-bond donors (Lipinski definition) is 2. The molecule has 0 radical (unpaired) electrons. The number of methoxy groups -OCH3 is 1. The second kappa shape index (κ2) is 16.2. The fourth-order valence-corrected chi connectivity index (χ4v) is 0. The number of hydrogen-bond acceptors (Lipinski definition) is 3. The second-order valence-corrected chi connectivity index (χ2v) is 2.02. The highest BCUT2D eigenvalue weighted by atomic mass is 16.4. The molecule has 0 fully saturated rings. The van der Waals surface area contributed by atoms with Crippen molar-refractivity contribution in [1.82, 2.24) is 0 Å². The van der Waals surface area contributed by atoms with E-state index in [1.54, 1.807) is 28.1 Å². The van der Waals surface area contributed by atoms with E-state index >= 15 is 0 Å². The molecule has 0 aromatic rings. The molecule has 0 aliphatic carbocycles. The molecule has 4 heteroatoms. The average Bonchev–Trinajstić information content (AvgIpc) is 1.60. The summed E-state index contributed by atoms with van der Waals surface area (Å²) in [5.74, 6) is -0.833. The molecule has 0 atom stereocenters. The minimum atomic E-state index is -0.833. The van der Waals surface area contributed by atoms with Crippen molar-refractivity contribution < 1.29 is 19.7 Å². The van der Waals surface area contributed by atoms with E-state index in [0.29, 0.717) is 0 Å². The van der Waals surface area contributed by atoms with E-state index in [9.17, 15) is 0 Å². The Morgan fingerprint density at radius 3 is 1.36 bits per heavy atom. The first-order valence-corrected chi connectivity index (χ1v) is 3.16. The summed E-state index contributed by atoms with van der Waals surface area (Å²) < 4.78 is 4.25. The van der Waals surface area contributed by atoms with Crippen LogP contribution in [0.4, 0.5) is 0 Å². The predicted molar refractivity (Wildman–Crippen MR) is 43.6 cm³/mol. The number of aliphatic carboxylic acids is 1. The third-order valence-corrected chi connectivity index (χ3v) is 0. The molecule has 0 saturated carbocycles. The van der Waals surface area contributed by atoms with Crippen LogP contribution in [-0.2, 0) is 9.53 Å². The minimum Gasteiger partial charge on any atom is -0.481 e. The quantitative estimate of drug-likeness (QED) is 0.557. The molecule has 4 nitrogen and oxygen atoms in total. The lowest BCUT2D eigenvalue weighted by Gasteiger charge is -1.80. The smallest absolute Gasteiger partial charge is 0.300 e. The van der Waals surface area contributed by atoms with Gasteiger partial charge in [0.2, 0.25) is 0 Å². The number of rotatable bonds is 0. The van der Waals surface area contributed by atoms with Crippen molar-refractivity contribution in [3.05, 3.63) is 0 Å². The maximum Gasteiger partial charge on any atom is 0.300 e. The van der Waals surface area contributed by atoms with E-state index in [1.165, 1.54) is 0 Å². The molecule has 0 heterocycles. The Morgan fingerprint density at radius 1 is 1.36 bits per heavy atom. The van der Waals surface area contributed by atoms with Crippen molar-refractivity contribution in [3.8, 4) is 0 Å². The first-order chi connectivity index (χ1) is 4.88. The van der Waals surface area contributed by atoms with Crippen LogP contribution < -0.4 is 0 Å². The highest BCUT2D eigenvalue weighted by Gasteiger charge is 1.69. The summed E-state index contributed by atoms with van der Waals surface area (Å²) in [7, 11) is 3.25. The summed E-state index contributed by atoms with van der Waals surface area (Å²) in [5.41, 5.74) is 0. The molecule has 0 aliphatic rings. The molecule has 0 unspecified atom stereocenters. The van der Waals surface area contributed by atoms with Gasteiger partial charge in [-0.25, -0.2) is 0 Å². The molecule has 11 heavy (non-hydrogen) atoms. The molecule has 0 aromatic heterocycles. The molecule has 70 valence electrons. The average molecular weight is 166 g/mol. The number of carboxylic acids is 1. The van der Waals surface area contributed by atoms with Crippen molar-refractivity contribution in [1.29, 1.82) is 0 Å². The molecular weight excluding hydrogens is 148 g/mol. The van der Waals surface area contributed by atoms with Gasteiger partial charge in [-0.3, -0.25) is 4.79 Å². The third-order valence-electron chi connectivity index (χ3n) is 0. The zero-order valence-corrected chi connectivity index (χ0v) is 7.79. The number of aliphatic hydroxyl groups is 1. The van der Waals surface area contributed by atoms with Gasteiger partial charge in [0, 0.05) is 27.2 Å². The topological polar surface area (TPSA) is 66.8 Å². The fourth-order valence-electron chi connectivity index (χ4n) is 0. The SMILES string of the molecule is CC(=O)O.CC(C)O.COC. The van der Waals surface area contributed by atoms with Crippen LogP contribution in [0.1, 0.15) is 20.8 Å². The van der Waals surface area contributed by atoms with Gasteiger partial charge in [-0.1, -0.05) is 0 Å². The number of carbonyl (C=O) groups is 1.